The number of para-hydroxylation sites is 2. The summed E-state index contributed by atoms with van der Waals surface area (Å²) in [5.41, 5.74) is 4.53. The third-order valence-electron chi connectivity index (χ3n) is 4.05. The highest BCUT2D eigenvalue weighted by molar-refractivity contribution is 5.80. The van der Waals surface area contributed by atoms with Crippen LogP contribution >= 0.6 is 0 Å². The molecular formula is C16H17N5. The second-order valence-corrected chi connectivity index (χ2v) is 5.28. The van der Waals surface area contributed by atoms with Crippen LogP contribution in [-0.2, 0) is 0 Å². The Balaban J connectivity index is 2.17. The first-order valence-electron chi connectivity index (χ1n) is 6.95. The van der Waals surface area contributed by atoms with Crippen molar-refractivity contribution in [1.29, 1.82) is 5.26 Å². The second kappa shape index (κ2) is 5.06. The maximum Gasteiger partial charge on any atom is 0.174 e. The molecule has 1 aromatic carbocycles. The van der Waals surface area contributed by atoms with E-state index in [-0.39, 0.29) is 0 Å². The van der Waals surface area contributed by atoms with Crippen molar-refractivity contribution in [1.82, 2.24) is 10.2 Å². The smallest absolute Gasteiger partial charge is 0.174 e. The van der Waals surface area contributed by atoms with Gasteiger partial charge in [0.1, 0.15) is 11.6 Å². The minimum atomic E-state index is 0.613. The molecule has 0 unspecified atom stereocenters. The van der Waals surface area contributed by atoms with Gasteiger partial charge in [0.25, 0.3) is 0 Å². The van der Waals surface area contributed by atoms with Crippen LogP contribution in [0.1, 0.15) is 16.8 Å². The first-order valence-corrected chi connectivity index (χ1v) is 6.95. The Morgan fingerprint density at radius 1 is 1.10 bits per heavy atom. The van der Waals surface area contributed by atoms with Crippen LogP contribution in [0.4, 0.5) is 17.2 Å². The Hall–Kier alpha value is -2.61. The molecule has 2 aromatic rings. The number of hydrogen-bond donors (Lipinski definition) is 0. The van der Waals surface area contributed by atoms with Crippen molar-refractivity contribution in [2.45, 2.75) is 13.8 Å². The zero-order valence-electron chi connectivity index (χ0n) is 12.5. The molecule has 21 heavy (non-hydrogen) atoms. The van der Waals surface area contributed by atoms with E-state index < -0.39 is 0 Å². The van der Waals surface area contributed by atoms with Gasteiger partial charge in [-0.05, 0) is 31.5 Å². The fourth-order valence-corrected chi connectivity index (χ4v) is 2.64. The second-order valence-electron chi connectivity index (χ2n) is 5.28. The lowest BCUT2D eigenvalue weighted by molar-refractivity contribution is 0.797. The van der Waals surface area contributed by atoms with Gasteiger partial charge in [-0.15, -0.1) is 5.10 Å². The van der Waals surface area contributed by atoms with Crippen molar-refractivity contribution in [2.75, 3.05) is 29.9 Å². The Morgan fingerprint density at radius 2 is 1.81 bits per heavy atom. The molecule has 5 heteroatoms. The molecule has 0 N–H and O–H groups in total. The first kappa shape index (κ1) is 13.4. The fourth-order valence-electron chi connectivity index (χ4n) is 2.64. The van der Waals surface area contributed by atoms with Crippen LogP contribution < -0.4 is 9.80 Å². The molecule has 0 radical (unpaired) electrons. The van der Waals surface area contributed by atoms with Gasteiger partial charge in [-0.2, -0.15) is 10.4 Å². The van der Waals surface area contributed by atoms with E-state index in [4.69, 9.17) is 0 Å². The number of benzene rings is 1. The van der Waals surface area contributed by atoms with Gasteiger partial charge in [0.15, 0.2) is 5.82 Å². The normalized spacial score (nSPS) is 13.8. The number of aromatic nitrogens is 2. The molecule has 2 heterocycles. The topological polar surface area (TPSA) is 56.1 Å². The van der Waals surface area contributed by atoms with E-state index in [2.05, 4.69) is 45.2 Å². The number of nitrogens with zero attached hydrogens (tertiary/aromatic N) is 5. The Morgan fingerprint density at radius 3 is 2.52 bits per heavy atom. The molecule has 0 atom stereocenters. The van der Waals surface area contributed by atoms with Crippen LogP contribution in [0, 0.1) is 25.2 Å². The first-order chi connectivity index (χ1) is 10.1. The van der Waals surface area contributed by atoms with Crippen molar-refractivity contribution in [3.8, 4) is 6.07 Å². The molecule has 1 aliphatic heterocycles. The van der Waals surface area contributed by atoms with Crippen LogP contribution in [-0.4, -0.2) is 30.3 Å². The van der Waals surface area contributed by atoms with E-state index >= 15 is 0 Å². The quantitative estimate of drug-likeness (QED) is 0.803. The van der Waals surface area contributed by atoms with Gasteiger partial charge in [-0.25, -0.2) is 0 Å². The van der Waals surface area contributed by atoms with Gasteiger partial charge in [-0.3, -0.25) is 0 Å². The highest BCUT2D eigenvalue weighted by Gasteiger charge is 2.25. The highest BCUT2D eigenvalue weighted by atomic mass is 15.3. The van der Waals surface area contributed by atoms with Gasteiger partial charge in [0.05, 0.1) is 17.1 Å². The largest absolute Gasteiger partial charge is 0.371 e. The monoisotopic (exact) mass is 279 g/mol. The molecule has 0 saturated carbocycles. The molecule has 0 bridgehead atoms. The number of rotatable bonds is 1. The predicted molar refractivity (Wildman–Crippen MR) is 82.9 cm³/mol. The molecule has 0 fully saturated rings. The molecule has 1 aliphatic rings. The molecule has 1 aromatic heterocycles. The molecule has 106 valence electrons. The molecular weight excluding hydrogens is 262 g/mol. The van der Waals surface area contributed by atoms with Crippen molar-refractivity contribution < 1.29 is 0 Å². The minimum absolute atomic E-state index is 0.613. The lowest BCUT2D eigenvalue weighted by Gasteiger charge is -2.36. The van der Waals surface area contributed by atoms with Crippen molar-refractivity contribution >= 4 is 17.2 Å². The number of likely N-dealkylation sites (N-methyl/N-ethyl adjacent to an activating group) is 1. The van der Waals surface area contributed by atoms with Gasteiger partial charge in [0.2, 0.25) is 0 Å². The lowest BCUT2D eigenvalue weighted by atomic mass is 10.1. The summed E-state index contributed by atoms with van der Waals surface area (Å²) in [4.78, 5) is 4.31. The van der Waals surface area contributed by atoms with Gasteiger partial charge in [0, 0.05) is 20.1 Å². The summed E-state index contributed by atoms with van der Waals surface area (Å²) in [7, 11) is 2.08. The molecule has 0 aliphatic carbocycles. The van der Waals surface area contributed by atoms with E-state index in [9.17, 15) is 5.26 Å². The number of anilines is 3. The van der Waals surface area contributed by atoms with Gasteiger partial charge >= 0.3 is 0 Å². The van der Waals surface area contributed by atoms with Crippen LogP contribution in [0.25, 0.3) is 0 Å². The number of aryl methyl sites for hydroxylation is 1. The standard InChI is InChI=1S/C16H17N5/c1-11-12(2)18-19-16(13(11)10-17)21-9-8-20(3)14-6-4-5-7-15(14)21/h4-7H,8-9H2,1-3H3. The summed E-state index contributed by atoms with van der Waals surface area (Å²) in [5, 5.41) is 18.0. The summed E-state index contributed by atoms with van der Waals surface area (Å²) in [6.07, 6.45) is 0. The predicted octanol–water partition coefficient (Wildman–Crippen LogP) is 2.55. The van der Waals surface area contributed by atoms with Crippen LogP contribution in [0.2, 0.25) is 0 Å². The van der Waals surface area contributed by atoms with E-state index in [1.165, 1.54) is 0 Å². The Kier molecular flexibility index (Phi) is 3.22. The average molecular weight is 279 g/mol. The zero-order valence-corrected chi connectivity index (χ0v) is 12.5. The van der Waals surface area contributed by atoms with E-state index in [1.54, 1.807) is 0 Å². The van der Waals surface area contributed by atoms with Crippen LogP contribution in [0.5, 0.6) is 0 Å². The summed E-state index contributed by atoms with van der Waals surface area (Å²) in [6, 6.07) is 10.5. The average Bonchev–Trinajstić information content (AvgIpc) is 2.51. The highest BCUT2D eigenvalue weighted by Crippen LogP contribution is 2.37. The third kappa shape index (κ3) is 2.09. The SMILES string of the molecule is Cc1nnc(N2CCN(C)c3ccccc32)c(C#N)c1C. The number of hydrogen-bond acceptors (Lipinski definition) is 5. The van der Waals surface area contributed by atoms with Gasteiger partial charge in [-0.1, -0.05) is 12.1 Å². The summed E-state index contributed by atoms with van der Waals surface area (Å²) < 4.78 is 0. The van der Waals surface area contributed by atoms with Gasteiger partial charge < -0.3 is 9.80 Å². The van der Waals surface area contributed by atoms with Crippen molar-refractivity contribution in [3.63, 3.8) is 0 Å². The van der Waals surface area contributed by atoms with Crippen molar-refractivity contribution in [3.05, 3.63) is 41.1 Å². The van der Waals surface area contributed by atoms with E-state index in [0.29, 0.717) is 11.4 Å². The fraction of sp³-hybridized carbons (Fsp3) is 0.312. The minimum Gasteiger partial charge on any atom is -0.371 e. The Bertz CT molecular complexity index is 732. The van der Waals surface area contributed by atoms with E-state index in [1.807, 2.05) is 26.0 Å². The molecule has 3 rings (SSSR count). The summed E-state index contributed by atoms with van der Waals surface area (Å²) in [5.74, 6) is 0.654. The zero-order chi connectivity index (χ0) is 15.0. The maximum absolute atomic E-state index is 9.50. The number of fused-ring (bicyclic) bond motifs is 1. The Labute approximate surface area is 124 Å². The van der Waals surface area contributed by atoms with Crippen molar-refractivity contribution in [2.24, 2.45) is 0 Å². The third-order valence-corrected chi connectivity index (χ3v) is 4.05. The summed E-state index contributed by atoms with van der Waals surface area (Å²) in [6.45, 7) is 5.48. The van der Waals surface area contributed by atoms with Crippen LogP contribution in [0.3, 0.4) is 0 Å². The molecule has 5 nitrogen and oxygen atoms in total. The lowest BCUT2D eigenvalue weighted by Crippen LogP contribution is -2.37. The number of nitriles is 1. The summed E-state index contributed by atoms with van der Waals surface area (Å²) >= 11 is 0. The molecule has 0 amide bonds. The molecule has 0 spiro atoms. The van der Waals surface area contributed by atoms with Crippen LogP contribution in [0.15, 0.2) is 24.3 Å². The van der Waals surface area contributed by atoms with E-state index in [0.717, 1.165) is 35.7 Å². The molecule has 0 saturated heterocycles. The maximum atomic E-state index is 9.50.